The van der Waals surface area contributed by atoms with E-state index in [0.29, 0.717) is 11.1 Å². The summed E-state index contributed by atoms with van der Waals surface area (Å²) < 4.78 is 19.5. The number of ether oxygens (including phenoxy) is 1. The molecule has 0 saturated heterocycles. The zero-order valence-electron chi connectivity index (χ0n) is 12.3. The fraction of sp³-hybridized carbons (Fsp3) is 0.267. The van der Waals surface area contributed by atoms with Gasteiger partial charge in [0, 0.05) is 11.1 Å². The van der Waals surface area contributed by atoms with E-state index in [0.717, 1.165) is 0 Å². The smallest absolute Gasteiger partial charge is 0.222 e. The summed E-state index contributed by atoms with van der Waals surface area (Å²) in [4.78, 5) is 7.71. The molecule has 1 aromatic carbocycles. The minimum absolute atomic E-state index is 0.00530. The van der Waals surface area contributed by atoms with Crippen molar-refractivity contribution in [1.29, 1.82) is 5.26 Å². The number of nitrogen functional groups attached to an aromatic ring is 2. The van der Waals surface area contributed by atoms with Gasteiger partial charge < -0.3 is 16.2 Å². The van der Waals surface area contributed by atoms with Crippen molar-refractivity contribution in [3.63, 3.8) is 0 Å². The third-order valence-electron chi connectivity index (χ3n) is 2.96. The molecule has 1 heterocycles. The lowest BCUT2D eigenvalue weighted by Gasteiger charge is -2.10. The average molecular weight is 301 g/mol. The van der Waals surface area contributed by atoms with Crippen LogP contribution in [0, 0.1) is 17.1 Å². The van der Waals surface area contributed by atoms with Crippen molar-refractivity contribution in [2.45, 2.75) is 26.6 Å². The molecule has 2 aromatic rings. The highest BCUT2D eigenvalue weighted by Gasteiger charge is 2.15. The zero-order chi connectivity index (χ0) is 16.3. The van der Waals surface area contributed by atoms with E-state index in [4.69, 9.17) is 21.5 Å². The van der Waals surface area contributed by atoms with Gasteiger partial charge in [-0.2, -0.15) is 10.2 Å². The number of rotatable bonds is 4. The Balaban J connectivity index is 2.43. The lowest BCUT2D eigenvalue weighted by Crippen LogP contribution is -2.06. The highest BCUT2D eigenvalue weighted by molar-refractivity contribution is 5.73. The molecule has 1 aromatic heterocycles. The molecule has 0 saturated carbocycles. The number of nitrogens with zero attached hydrogens (tertiary/aromatic N) is 3. The second kappa shape index (κ2) is 6.37. The highest BCUT2D eigenvalue weighted by Crippen LogP contribution is 2.27. The number of halogens is 1. The minimum atomic E-state index is -0.446. The first kappa shape index (κ1) is 15.7. The molecule has 0 amide bonds. The van der Waals surface area contributed by atoms with Crippen molar-refractivity contribution < 1.29 is 9.13 Å². The van der Waals surface area contributed by atoms with Crippen LogP contribution in [-0.2, 0) is 11.3 Å². The van der Waals surface area contributed by atoms with E-state index in [-0.39, 0.29) is 35.7 Å². The van der Waals surface area contributed by atoms with E-state index in [2.05, 4.69) is 9.97 Å². The fourth-order valence-corrected chi connectivity index (χ4v) is 1.88. The van der Waals surface area contributed by atoms with Crippen LogP contribution in [0.2, 0.25) is 0 Å². The number of nitriles is 1. The molecule has 4 N–H and O–H groups in total. The van der Waals surface area contributed by atoms with Crippen LogP contribution >= 0.6 is 0 Å². The van der Waals surface area contributed by atoms with Gasteiger partial charge in [0.05, 0.1) is 18.4 Å². The van der Waals surface area contributed by atoms with Crippen LogP contribution in [-0.4, -0.2) is 16.1 Å². The van der Waals surface area contributed by atoms with Crippen LogP contribution in [0.25, 0.3) is 11.3 Å². The number of nitrogens with two attached hydrogens (primary N) is 2. The largest absolute Gasteiger partial charge is 0.382 e. The Kier molecular flexibility index (Phi) is 4.53. The summed E-state index contributed by atoms with van der Waals surface area (Å²) in [5.74, 6) is -0.547. The second-order valence-electron chi connectivity index (χ2n) is 4.97. The van der Waals surface area contributed by atoms with Crippen molar-refractivity contribution in [3.05, 3.63) is 35.1 Å². The molecule has 0 aliphatic rings. The maximum atomic E-state index is 14.2. The molecule has 0 bridgehead atoms. The Morgan fingerprint density at radius 2 is 2.05 bits per heavy atom. The van der Waals surface area contributed by atoms with Gasteiger partial charge in [-0.3, -0.25) is 0 Å². The van der Waals surface area contributed by atoms with Gasteiger partial charge in [0.15, 0.2) is 0 Å². The van der Waals surface area contributed by atoms with Crippen molar-refractivity contribution in [1.82, 2.24) is 9.97 Å². The van der Waals surface area contributed by atoms with E-state index in [1.807, 2.05) is 19.9 Å². The van der Waals surface area contributed by atoms with Gasteiger partial charge in [-0.05, 0) is 19.9 Å². The first-order valence-electron chi connectivity index (χ1n) is 6.66. The van der Waals surface area contributed by atoms with Gasteiger partial charge in [-0.1, -0.05) is 12.1 Å². The average Bonchev–Trinajstić information content (AvgIpc) is 2.45. The lowest BCUT2D eigenvalue weighted by atomic mass is 10.0. The normalized spacial score (nSPS) is 10.7. The minimum Gasteiger partial charge on any atom is -0.382 e. The molecule has 0 radical (unpaired) electrons. The SMILES string of the molecule is CC(C)OCc1ccc(-c2nc(N)nc(N)c2C#N)cc1F. The van der Waals surface area contributed by atoms with Crippen LogP contribution in [0.15, 0.2) is 18.2 Å². The monoisotopic (exact) mass is 301 g/mol. The molecule has 2 rings (SSSR count). The molecule has 6 nitrogen and oxygen atoms in total. The zero-order valence-corrected chi connectivity index (χ0v) is 12.3. The molecular weight excluding hydrogens is 285 g/mol. The molecule has 0 unspecified atom stereocenters. The quantitative estimate of drug-likeness (QED) is 0.896. The summed E-state index contributed by atoms with van der Waals surface area (Å²) in [5.41, 5.74) is 12.3. The van der Waals surface area contributed by atoms with E-state index in [1.165, 1.54) is 6.07 Å². The third kappa shape index (κ3) is 3.30. The number of hydrogen-bond donors (Lipinski definition) is 2. The topological polar surface area (TPSA) is 111 Å². The van der Waals surface area contributed by atoms with Crippen LogP contribution in [0.4, 0.5) is 16.2 Å². The molecule has 0 aliphatic carbocycles. The van der Waals surface area contributed by atoms with Gasteiger partial charge in [0.1, 0.15) is 23.3 Å². The molecule has 0 fully saturated rings. The summed E-state index contributed by atoms with van der Waals surface area (Å²) in [5, 5.41) is 9.16. The third-order valence-corrected chi connectivity index (χ3v) is 2.96. The Labute approximate surface area is 127 Å². The number of hydrogen-bond acceptors (Lipinski definition) is 6. The lowest BCUT2D eigenvalue weighted by molar-refractivity contribution is 0.0639. The predicted octanol–water partition coefficient (Wildman–Crippen LogP) is 2.24. The van der Waals surface area contributed by atoms with Gasteiger partial charge in [-0.25, -0.2) is 9.37 Å². The second-order valence-corrected chi connectivity index (χ2v) is 4.97. The molecule has 114 valence electrons. The maximum absolute atomic E-state index is 14.2. The maximum Gasteiger partial charge on any atom is 0.222 e. The van der Waals surface area contributed by atoms with E-state index < -0.39 is 5.82 Å². The van der Waals surface area contributed by atoms with E-state index in [1.54, 1.807) is 12.1 Å². The Morgan fingerprint density at radius 1 is 1.32 bits per heavy atom. The van der Waals surface area contributed by atoms with Gasteiger partial charge in [-0.15, -0.1) is 0 Å². The van der Waals surface area contributed by atoms with Gasteiger partial charge >= 0.3 is 0 Å². The first-order chi connectivity index (χ1) is 10.4. The van der Waals surface area contributed by atoms with Crippen molar-refractivity contribution >= 4 is 11.8 Å². The van der Waals surface area contributed by atoms with Crippen LogP contribution in [0.1, 0.15) is 25.0 Å². The van der Waals surface area contributed by atoms with Gasteiger partial charge in [0.25, 0.3) is 0 Å². The van der Waals surface area contributed by atoms with Crippen molar-refractivity contribution in [3.8, 4) is 17.3 Å². The molecule has 0 atom stereocenters. The summed E-state index contributed by atoms with van der Waals surface area (Å²) in [6.07, 6.45) is 0.00530. The van der Waals surface area contributed by atoms with E-state index >= 15 is 0 Å². The summed E-state index contributed by atoms with van der Waals surface area (Å²) in [6, 6.07) is 6.42. The van der Waals surface area contributed by atoms with Gasteiger partial charge in [0.2, 0.25) is 5.95 Å². The van der Waals surface area contributed by atoms with Crippen LogP contribution < -0.4 is 11.5 Å². The molecule has 0 aliphatic heterocycles. The summed E-state index contributed by atoms with van der Waals surface area (Å²) in [7, 11) is 0. The highest BCUT2D eigenvalue weighted by atomic mass is 19.1. The number of benzene rings is 1. The molecule has 7 heteroatoms. The Morgan fingerprint density at radius 3 is 2.64 bits per heavy atom. The van der Waals surface area contributed by atoms with Crippen molar-refractivity contribution in [2.75, 3.05) is 11.5 Å². The number of aromatic nitrogens is 2. The fourth-order valence-electron chi connectivity index (χ4n) is 1.88. The summed E-state index contributed by atoms with van der Waals surface area (Å²) >= 11 is 0. The Hall–Kier alpha value is -2.72. The molecule has 22 heavy (non-hydrogen) atoms. The standard InChI is InChI=1S/C15H16FN5O/c1-8(2)22-7-10-4-3-9(5-12(10)16)13-11(6-17)14(18)21-15(19)20-13/h3-5,8H,7H2,1-2H3,(H4,18,19,20,21). The predicted molar refractivity (Wildman–Crippen MR) is 80.9 cm³/mol. The summed E-state index contributed by atoms with van der Waals surface area (Å²) in [6.45, 7) is 3.92. The van der Waals surface area contributed by atoms with E-state index in [9.17, 15) is 4.39 Å². The van der Waals surface area contributed by atoms with Crippen LogP contribution in [0.5, 0.6) is 0 Å². The number of anilines is 2. The van der Waals surface area contributed by atoms with Crippen LogP contribution in [0.3, 0.4) is 0 Å². The first-order valence-corrected chi connectivity index (χ1v) is 6.66. The molecular formula is C15H16FN5O. The Bertz CT molecular complexity index is 739. The molecule has 0 spiro atoms. The van der Waals surface area contributed by atoms with Crippen molar-refractivity contribution in [2.24, 2.45) is 0 Å².